The first-order valence-electron chi connectivity index (χ1n) is 29.0. The number of carbonyl (C=O) groups excluding carboxylic acids is 5. The van der Waals surface area contributed by atoms with Crippen molar-refractivity contribution in [1.82, 2.24) is 10.6 Å². The molecule has 0 rings (SSSR count). The second-order valence-electron chi connectivity index (χ2n) is 22.5. The van der Waals surface area contributed by atoms with Crippen molar-refractivity contribution in [2.75, 3.05) is 26.3 Å². The van der Waals surface area contributed by atoms with Crippen LogP contribution in [0.25, 0.3) is 0 Å². The van der Waals surface area contributed by atoms with Gasteiger partial charge in [-0.25, -0.2) is 0 Å². The molecule has 6 N–H and O–H groups in total. The molecule has 0 aromatic rings. The molecular weight excluding hydrogens is 1030 g/mol. The van der Waals surface area contributed by atoms with E-state index in [0.29, 0.717) is 6.42 Å². The van der Waals surface area contributed by atoms with Gasteiger partial charge in [0.2, 0.25) is 11.8 Å². The highest BCUT2D eigenvalue weighted by Gasteiger charge is 2.35. The predicted molar refractivity (Wildman–Crippen MR) is 329 cm³/mol. The average molecular weight is 1140 g/mol. The summed E-state index contributed by atoms with van der Waals surface area (Å²) in [5.41, 5.74) is -3.05. The van der Waals surface area contributed by atoms with Gasteiger partial charge in [-0.15, -0.1) is 0 Å². The molecule has 0 heterocycles. The van der Waals surface area contributed by atoms with Gasteiger partial charge in [0.1, 0.15) is 23.4 Å². The van der Waals surface area contributed by atoms with Crippen molar-refractivity contribution in [1.29, 1.82) is 0 Å². The standard InChI is InChI=1S/C33H53NO6.C20H30O2.C13H25NO5/c1-7-8-9-10-11-12-13-14-15-16-17-18-19-20-21-22-23-24-28(35)39-27-33(5,6)30(37)31(38)34-26-25-29(36)40-32(2,3)4;1-2-3-4-5-6-7-8-9-10-11-12-13-14-15-16-17-18-19-20(21)22;1-12(2,3)19-9(16)6-7-14-11(18)10(17)13(4,5)8-15/h8-9,11-12,14-15,17-18,20-21,30,37H,7,10,13,16,19,22-27H2,1-6H3,(H,34,38);3-4,6-7,9-10,12-13,15-16H,2,5,8,11,14,17-19H2,1H3,(H,21,22);10,15,17H,6-8H2,1-5H3,(H,14,18)/b9-8-,12-11-,15-14-,18-17-,21-20-;4-3-,7-6-,10-9-,13-12-,16-15-;/t30-;;10-/m0.0/s1. The highest BCUT2D eigenvalue weighted by atomic mass is 16.6. The number of carboxylic acids is 1. The zero-order valence-electron chi connectivity index (χ0n) is 51.7. The summed E-state index contributed by atoms with van der Waals surface area (Å²) in [6.45, 7) is 21.0. The summed E-state index contributed by atoms with van der Waals surface area (Å²) in [6, 6.07) is 0. The van der Waals surface area contributed by atoms with Crippen LogP contribution in [0.15, 0.2) is 122 Å². The summed E-state index contributed by atoms with van der Waals surface area (Å²) in [4.78, 5) is 69.4. The Hall–Kier alpha value is -5.90. The van der Waals surface area contributed by atoms with Crippen molar-refractivity contribution < 1.29 is 63.4 Å². The van der Waals surface area contributed by atoms with Crippen LogP contribution in [-0.2, 0) is 43.0 Å². The number of carboxylic acid groups (broad SMARTS) is 1. The Bertz CT molecular complexity index is 2020. The molecule has 15 nitrogen and oxygen atoms in total. The van der Waals surface area contributed by atoms with Crippen LogP contribution in [0.1, 0.15) is 199 Å². The minimum atomic E-state index is -1.39. The van der Waals surface area contributed by atoms with Gasteiger partial charge >= 0.3 is 23.9 Å². The van der Waals surface area contributed by atoms with Crippen LogP contribution in [0.2, 0.25) is 0 Å². The third-order valence-corrected chi connectivity index (χ3v) is 10.9. The van der Waals surface area contributed by atoms with Crippen LogP contribution < -0.4 is 10.6 Å². The first kappa shape index (κ1) is 79.3. The lowest BCUT2D eigenvalue weighted by Gasteiger charge is -2.29. The van der Waals surface area contributed by atoms with E-state index >= 15 is 0 Å². The largest absolute Gasteiger partial charge is 0.481 e. The van der Waals surface area contributed by atoms with E-state index in [2.05, 4.69) is 146 Å². The zero-order chi connectivity index (χ0) is 61.9. The second kappa shape index (κ2) is 49.9. The number of aliphatic hydroxyl groups is 3. The fourth-order valence-electron chi connectivity index (χ4n) is 6.24. The van der Waals surface area contributed by atoms with Crippen LogP contribution in [0.3, 0.4) is 0 Å². The normalized spacial score (nSPS) is 13.5. The second-order valence-corrected chi connectivity index (χ2v) is 22.5. The first-order chi connectivity index (χ1) is 38.1. The number of esters is 3. The number of unbranched alkanes of at least 4 members (excludes halogenated alkanes) is 2. The molecule has 0 fully saturated rings. The Morgan fingerprint density at radius 1 is 0.420 bits per heavy atom. The molecule has 2 atom stereocenters. The number of carbonyl (C=O) groups is 6. The monoisotopic (exact) mass is 1140 g/mol. The molecule has 0 aliphatic rings. The van der Waals surface area contributed by atoms with Gasteiger partial charge in [0.05, 0.1) is 26.1 Å². The first-order valence-corrected chi connectivity index (χ1v) is 29.0. The molecule has 0 aromatic carbocycles. The molecule has 0 aliphatic heterocycles. The van der Waals surface area contributed by atoms with Crippen molar-refractivity contribution in [3.8, 4) is 0 Å². The lowest BCUT2D eigenvalue weighted by Crippen LogP contribution is -2.46. The van der Waals surface area contributed by atoms with Crippen molar-refractivity contribution in [3.63, 3.8) is 0 Å². The third-order valence-electron chi connectivity index (χ3n) is 10.9. The Morgan fingerprint density at radius 2 is 0.716 bits per heavy atom. The maximum Gasteiger partial charge on any atom is 0.308 e. The SMILES string of the molecule is CC(C)(C)OC(=O)CCNC(=O)[C@H](O)C(C)(C)CO.CC/C=C\C/C=C\C/C=C\C/C=C\C/C=C\CCCC(=O)O.CC/C=C\C/C=C\C/C=C\C/C=C\C/C=C\CCCC(=O)OCC(C)(C)[C@@H](O)C(=O)NCCC(=O)OC(C)(C)C. The molecule has 0 spiro atoms. The minimum absolute atomic E-state index is 0.00301. The van der Waals surface area contributed by atoms with Gasteiger partial charge in [0, 0.05) is 36.8 Å². The predicted octanol–water partition coefficient (Wildman–Crippen LogP) is 12.9. The number of aliphatic carboxylic acids is 1. The molecule has 0 aliphatic carbocycles. The molecule has 0 aromatic heterocycles. The smallest absolute Gasteiger partial charge is 0.308 e. The third kappa shape index (κ3) is 55.8. The molecule has 15 heteroatoms. The van der Waals surface area contributed by atoms with E-state index in [-0.39, 0.29) is 58.0 Å². The van der Waals surface area contributed by atoms with E-state index in [9.17, 15) is 39.0 Å². The highest BCUT2D eigenvalue weighted by molar-refractivity contribution is 5.82. The Morgan fingerprint density at radius 3 is 1.01 bits per heavy atom. The van der Waals surface area contributed by atoms with Gasteiger partial charge in [-0.2, -0.15) is 0 Å². The molecular formula is C66H108N2O13. The van der Waals surface area contributed by atoms with Crippen molar-refractivity contribution in [3.05, 3.63) is 122 Å². The molecule has 81 heavy (non-hydrogen) atoms. The lowest BCUT2D eigenvalue weighted by molar-refractivity contribution is -0.156. The molecule has 2 amide bonds. The Labute approximate surface area is 488 Å². The van der Waals surface area contributed by atoms with Gasteiger partial charge in [0.15, 0.2) is 0 Å². The number of nitrogens with one attached hydrogen (secondary N) is 2. The summed E-state index contributed by atoms with van der Waals surface area (Å²) in [6.07, 6.45) is 53.7. The van der Waals surface area contributed by atoms with Crippen LogP contribution >= 0.6 is 0 Å². The highest BCUT2D eigenvalue weighted by Crippen LogP contribution is 2.22. The number of aliphatic hydroxyl groups excluding tert-OH is 3. The Kier molecular flexibility index (Phi) is 48.8. The molecule has 0 saturated carbocycles. The minimum Gasteiger partial charge on any atom is -0.481 e. The van der Waals surface area contributed by atoms with Gasteiger partial charge in [-0.05, 0) is 131 Å². The fraction of sp³-hybridized carbons (Fsp3) is 0.606. The average Bonchev–Trinajstić information content (AvgIpc) is 3.38. The van der Waals surface area contributed by atoms with E-state index < -0.39 is 64.0 Å². The molecule has 0 unspecified atom stereocenters. The van der Waals surface area contributed by atoms with Crippen molar-refractivity contribution in [2.24, 2.45) is 10.8 Å². The maximum absolute atomic E-state index is 12.3. The van der Waals surface area contributed by atoms with Gasteiger partial charge in [-0.1, -0.05) is 163 Å². The van der Waals surface area contributed by atoms with E-state index in [1.165, 1.54) is 0 Å². The Balaban J connectivity index is -0.00000125. The van der Waals surface area contributed by atoms with Crippen LogP contribution in [-0.4, -0.2) is 106 Å². The molecule has 460 valence electrons. The number of allylic oxidation sites excluding steroid dienone is 20. The van der Waals surface area contributed by atoms with Gasteiger partial charge in [0.25, 0.3) is 0 Å². The quantitative estimate of drug-likeness (QED) is 0.0146. The van der Waals surface area contributed by atoms with Gasteiger partial charge in [-0.3, -0.25) is 28.8 Å². The van der Waals surface area contributed by atoms with Crippen LogP contribution in [0.5, 0.6) is 0 Å². The summed E-state index contributed by atoms with van der Waals surface area (Å²) < 4.78 is 15.6. The van der Waals surface area contributed by atoms with E-state index in [4.69, 9.17) is 24.4 Å². The fourth-order valence-corrected chi connectivity index (χ4v) is 6.24. The lowest BCUT2D eigenvalue weighted by atomic mass is 9.87. The number of rotatable bonds is 39. The molecule has 0 radical (unpaired) electrons. The topological polar surface area (TPSA) is 235 Å². The number of hydrogen-bond donors (Lipinski definition) is 6. The van der Waals surface area contributed by atoms with Crippen molar-refractivity contribution >= 4 is 35.7 Å². The summed E-state index contributed by atoms with van der Waals surface area (Å²) in [5.74, 6) is -3.15. The maximum atomic E-state index is 12.3. The van der Waals surface area contributed by atoms with Crippen LogP contribution in [0.4, 0.5) is 0 Å². The van der Waals surface area contributed by atoms with Gasteiger partial charge < -0.3 is 45.3 Å². The number of amides is 2. The molecule has 0 bridgehead atoms. The van der Waals surface area contributed by atoms with E-state index in [1.54, 1.807) is 69.2 Å². The number of hydrogen-bond acceptors (Lipinski definition) is 12. The van der Waals surface area contributed by atoms with E-state index in [0.717, 1.165) is 83.5 Å². The summed E-state index contributed by atoms with van der Waals surface area (Å²) in [5, 5.41) is 42.6. The number of ether oxygens (including phenoxy) is 3. The summed E-state index contributed by atoms with van der Waals surface area (Å²) in [7, 11) is 0. The van der Waals surface area contributed by atoms with E-state index in [1.807, 2.05) is 0 Å². The summed E-state index contributed by atoms with van der Waals surface area (Å²) >= 11 is 0. The van der Waals surface area contributed by atoms with Crippen molar-refractivity contribution in [2.45, 2.75) is 222 Å². The van der Waals surface area contributed by atoms with Crippen LogP contribution in [0, 0.1) is 10.8 Å². The molecule has 0 saturated heterocycles. The zero-order valence-corrected chi connectivity index (χ0v) is 51.7.